The van der Waals surface area contributed by atoms with Crippen molar-refractivity contribution < 1.29 is 0 Å². The van der Waals surface area contributed by atoms with E-state index in [9.17, 15) is 0 Å². The van der Waals surface area contributed by atoms with Crippen LogP contribution in [0.2, 0.25) is 0 Å². The smallest absolute Gasteiger partial charge is 0.0104 e. The summed E-state index contributed by atoms with van der Waals surface area (Å²) in [7, 11) is 4.46. The van der Waals surface area contributed by atoms with E-state index in [0.717, 1.165) is 23.9 Å². The van der Waals surface area contributed by atoms with Crippen LogP contribution in [0, 0.1) is 11.8 Å². The molecule has 94 valence electrons. The van der Waals surface area contributed by atoms with Crippen molar-refractivity contribution in [3.63, 3.8) is 0 Å². The van der Waals surface area contributed by atoms with Crippen molar-refractivity contribution in [2.75, 3.05) is 20.6 Å². The summed E-state index contributed by atoms with van der Waals surface area (Å²) in [4.78, 5) is 2.61. The zero-order chi connectivity index (χ0) is 11.5. The number of hydrogen-bond donors (Lipinski definition) is 1. The minimum absolute atomic E-state index is 0.766. The molecule has 1 N–H and O–H groups in total. The molecule has 0 aromatic heterocycles. The first-order valence-corrected chi connectivity index (χ1v) is 7.10. The third kappa shape index (κ3) is 2.98. The van der Waals surface area contributed by atoms with Crippen molar-refractivity contribution in [3.8, 4) is 0 Å². The monoisotopic (exact) mass is 224 g/mol. The highest BCUT2D eigenvalue weighted by Crippen LogP contribution is 2.35. The number of nitrogens with one attached hydrogen (secondary N) is 1. The highest BCUT2D eigenvalue weighted by atomic mass is 15.1. The molecule has 0 aromatic rings. The fourth-order valence-corrected chi connectivity index (χ4v) is 3.28. The summed E-state index contributed by atoms with van der Waals surface area (Å²) in [5, 5.41) is 3.52. The van der Waals surface area contributed by atoms with Gasteiger partial charge in [0.25, 0.3) is 0 Å². The second kappa shape index (κ2) is 5.50. The maximum absolute atomic E-state index is 3.52. The molecule has 0 amide bonds. The maximum Gasteiger partial charge on any atom is 0.0104 e. The molecule has 2 rings (SSSR count). The van der Waals surface area contributed by atoms with Gasteiger partial charge in [0.1, 0.15) is 0 Å². The lowest BCUT2D eigenvalue weighted by Crippen LogP contribution is -2.44. The fourth-order valence-electron chi connectivity index (χ4n) is 3.28. The van der Waals surface area contributed by atoms with Gasteiger partial charge in [-0.3, -0.25) is 0 Å². The number of rotatable bonds is 5. The molecule has 3 unspecified atom stereocenters. The van der Waals surface area contributed by atoms with E-state index >= 15 is 0 Å². The summed E-state index contributed by atoms with van der Waals surface area (Å²) in [6.45, 7) is 3.71. The summed E-state index contributed by atoms with van der Waals surface area (Å²) in [5.41, 5.74) is 0. The Balaban J connectivity index is 1.81. The molecule has 2 heteroatoms. The zero-order valence-electron chi connectivity index (χ0n) is 11.2. The molecular formula is C14H28N2. The molecule has 2 aliphatic carbocycles. The zero-order valence-corrected chi connectivity index (χ0v) is 11.2. The minimum atomic E-state index is 0.766. The third-order valence-electron chi connectivity index (χ3n) is 4.80. The van der Waals surface area contributed by atoms with Crippen molar-refractivity contribution in [1.29, 1.82) is 0 Å². The Morgan fingerprint density at radius 1 is 1.19 bits per heavy atom. The van der Waals surface area contributed by atoms with E-state index in [1.54, 1.807) is 0 Å². The molecule has 2 fully saturated rings. The summed E-state index contributed by atoms with van der Waals surface area (Å²) in [6.07, 6.45) is 8.59. The highest BCUT2D eigenvalue weighted by molar-refractivity contribution is 4.87. The quantitative estimate of drug-likeness (QED) is 0.772. The first-order chi connectivity index (χ1) is 7.72. The Bertz CT molecular complexity index is 213. The Kier molecular flexibility index (Phi) is 4.26. The molecule has 2 aliphatic rings. The molecule has 16 heavy (non-hydrogen) atoms. The third-order valence-corrected chi connectivity index (χ3v) is 4.80. The van der Waals surface area contributed by atoms with Gasteiger partial charge in [-0.2, -0.15) is 0 Å². The Hall–Kier alpha value is -0.0800. The summed E-state index contributed by atoms with van der Waals surface area (Å²) in [6, 6.07) is 1.57. The van der Waals surface area contributed by atoms with Gasteiger partial charge in [0.05, 0.1) is 0 Å². The Morgan fingerprint density at radius 3 is 2.50 bits per heavy atom. The SMILES string of the molecule is CNC1CCCCC1CN(C)C(C)C1CC1. The van der Waals surface area contributed by atoms with Crippen LogP contribution in [0.25, 0.3) is 0 Å². The molecule has 0 heterocycles. The minimum Gasteiger partial charge on any atom is -0.317 e. The summed E-state index contributed by atoms with van der Waals surface area (Å²) < 4.78 is 0. The molecule has 0 spiro atoms. The van der Waals surface area contributed by atoms with Gasteiger partial charge in [0, 0.05) is 18.6 Å². The second-order valence-corrected chi connectivity index (χ2v) is 5.96. The topological polar surface area (TPSA) is 15.3 Å². The lowest BCUT2D eigenvalue weighted by Gasteiger charge is -2.36. The number of nitrogens with zero attached hydrogens (tertiary/aromatic N) is 1. The average molecular weight is 224 g/mol. The molecule has 0 bridgehead atoms. The Morgan fingerprint density at radius 2 is 1.88 bits per heavy atom. The normalized spacial score (nSPS) is 33.0. The van der Waals surface area contributed by atoms with Crippen molar-refractivity contribution in [1.82, 2.24) is 10.2 Å². The lowest BCUT2D eigenvalue weighted by molar-refractivity contribution is 0.154. The van der Waals surface area contributed by atoms with Crippen LogP contribution in [0.4, 0.5) is 0 Å². The van der Waals surface area contributed by atoms with E-state index in [-0.39, 0.29) is 0 Å². The molecule has 3 atom stereocenters. The van der Waals surface area contributed by atoms with E-state index in [4.69, 9.17) is 0 Å². The van der Waals surface area contributed by atoms with Crippen molar-refractivity contribution in [2.45, 2.75) is 57.5 Å². The molecule has 0 radical (unpaired) electrons. The first-order valence-electron chi connectivity index (χ1n) is 7.10. The van der Waals surface area contributed by atoms with Crippen LogP contribution in [0.15, 0.2) is 0 Å². The molecule has 0 aliphatic heterocycles. The van der Waals surface area contributed by atoms with Crippen molar-refractivity contribution in [3.05, 3.63) is 0 Å². The van der Waals surface area contributed by atoms with E-state index in [2.05, 4.69) is 31.2 Å². The van der Waals surface area contributed by atoms with E-state index in [0.29, 0.717) is 0 Å². The Labute approximate surface area is 101 Å². The second-order valence-electron chi connectivity index (χ2n) is 5.96. The van der Waals surface area contributed by atoms with Crippen LogP contribution >= 0.6 is 0 Å². The molecule has 0 aromatic carbocycles. The van der Waals surface area contributed by atoms with Crippen LogP contribution in [0.1, 0.15) is 45.4 Å². The standard InChI is InChI=1S/C14H28N2/c1-11(12-8-9-12)16(3)10-13-6-4-5-7-14(13)15-2/h11-15H,4-10H2,1-3H3. The maximum atomic E-state index is 3.52. The fraction of sp³-hybridized carbons (Fsp3) is 1.00. The predicted octanol–water partition coefficient (Wildman–Crippen LogP) is 2.49. The largest absolute Gasteiger partial charge is 0.317 e. The molecule has 2 saturated carbocycles. The molecule has 0 saturated heterocycles. The van der Waals surface area contributed by atoms with Gasteiger partial charge in [0.15, 0.2) is 0 Å². The molecular weight excluding hydrogens is 196 g/mol. The summed E-state index contributed by atoms with van der Waals surface area (Å²) >= 11 is 0. The van der Waals surface area contributed by atoms with Gasteiger partial charge >= 0.3 is 0 Å². The van der Waals surface area contributed by atoms with Crippen LogP contribution in [0.5, 0.6) is 0 Å². The molecule has 2 nitrogen and oxygen atoms in total. The van der Waals surface area contributed by atoms with Gasteiger partial charge in [-0.1, -0.05) is 12.8 Å². The van der Waals surface area contributed by atoms with E-state index in [1.807, 2.05) is 0 Å². The van der Waals surface area contributed by atoms with Crippen LogP contribution in [-0.4, -0.2) is 37.6 Å². The average Bonchev–Trinajstić information content (AvgIpc) is 3.12. The lowest BCUT2D eigenvalue weighted by atomic mass is 9.84. The van der Waals surface area contributed by atoms with Crippen molar-refractivity contribution in [2.24, 2.45) is 11.8 Å². The van der Waals surface area contributed by atoms with Gasteiger partial charge in [-0.15, -0.1) is 0 Å². The van der Waals surface area contributed by atoms with Gasteiger partial charge in [0.2, 0.25) is 0 Å². The van der Waals surface area contributed by atoms with Crippen LogP contribution < -0.4 is 5.32 Å². The van der Waals surface area contributed by atoms with E-state index < -0.39 is 0 Å². The van der Waals surface area contributed by atoms with Gasteiger partial charge in [-0.25, -0.2) is 0 Å². The van der Waals surface area contributed by atoms with Crippen LogP contribution in [-0.2, 0) is 0 Å². The number of hydrogen-bond acceptors (Lipinski definition) is 2. The first kappa shape index (κ1) is 12.4. The summed E-state index contributed by atoms with van der Waals surface area (Å²) in [5.74, 6) is 1.88. The highest BCUT2D eigenvalue weighted by Gasteiger charge is 2.32. The van der Waals surface area contributed by atoms with Crippen LogP contribution in [0.3, 0.4) is 0 Å². The van der Waals surface area contributed by atoms with E-state index in [1.165, 1.54) is 45.1 Å². The van der Waals surface area contributed by atoms with Gasteiger partial charge < -0.3 is 10.2 Å². The predicted molar refractivity (Wildman–Crippen MR) is 69.6 cm³/mol. The van der Waals surface area contributed by atoms with Gasteiger partial charge in [-0.05, 0) is 58.5 Å². The van der Waals surface area contributed by atoms with Crippen molar-refractivity contribution >= 4 is 0 Å².